The minimum Gasteiger partial charge on any atom is -0.469 e. The molecule has 3 aromatic rings. The first-order valence-electron chi connectivity index (χ1n) is 10.6. The number of likely N-dealkylation sites (tertiary alicyclic amines) is 1. The molecule has 0 saturated carbocycles. The average Bonchev–Trinajstić information content (AvgIpc) is 3.49. The van der Waals surface area contributed by atoms with E-state index in [9.17, 15) is 14.0 Å². The molecular weight excluding hydrogens is 431 g/mol. The molecule has 0 N–H and O–H groups in total. The SMILES string of the molecule is Cc1occc1C(=O)N(C)[C@@H](Cc1ccccc1F)C1CCN(C(=O)c2csnn2)CC1. The normalized spacial score (nSPS) is 15.5. The van der Waals surface area contributed by atoms with Gasteiger partial charge >= 0.3 is 0 Å². The van der Waals surface area contributed by atoms with Crippen LogP contribution < -0.4 is 0 Å². The zero-order chi connectivity index (χ0) is 22.7. The van der Waals surface area contributed by atoms with Crippen LogP contribution in [0.25, 0.3) is 0 Å². The van der Waals surface area contributed by atoms with Gasteiger partial charge in [-0.05, 0) is 61.3 Å². The lowest BCUT2D eigenvalue weighted by atomic mass is 9.84. The first kappa shape index (κ1) is 22.1. The second kappa shape index (κ2) is 9.60. The highest BCUT2D eigenvalue weighted by Crippen LogP contribution is 2.29. The topological polar surface area (TPSA) is 79.5 Å². The lowest BCUT2D eigenvalue weighted by molar-refractivity contribution is 0.0517. The van der Waals surface area contributed by atoms with Crippen molar-refractivity contribution in [3.8, 4) is 0 Å². The van der Waals surface area contributed by atoms with Gasteiger partial charge in [-0.3, -0.25) is 9.59 Å². The lowest BCUT2D eigenvalue weighted by Gasteiger charge is -2.40. The molecule has 32 heavy (non-hydrogen) atoms. The van der Waals surface area contributed by atoms with Crippen molar-refractivity contribution in [1.82, 2.24) is 19.4 Å². The van der Waals surface area contributed by atoms with Crippen molar-refractivity contribution in [2.75, 3.05) is 20.1 Å². The van der Waals surface area contributed by atoms with E-state index in [1.165, 1.54) is 12.3 Å². The molecule has 0 spiro atoms. The number of benzene rings is 1. The Morgan fingerprint density at radius 2 is 2.03 bits per heavy atom. The number of hydrogen-bond donors (Lipinski definition) is 0. The number of furan rings is 1. The number of amides is 2. The lowest BCUT2D eigenvalue weighted by Crippen LogP contribution is -2.48. The van der Waals surface area contributed by atoms with Crippen LogP contribution in [0.3, 0.4) is 0 Å². The molecule has 0 bridgehead atoms. The van der Waals surface area contributed by atoms with E-state index in [4.69, 9.17) is 4.42 Å². The maximum atomic E-state index is 14.5. The van der Waals surface area contributed by atoms with Gasteiger partial charge in [-0.1, -0.05) is 22.7 Å². The predicted octanol–water partition coefficient (Wildman–Crippen LogP) is 3.81. The van der Waals surface area contributed by atoms with Gasteiger partial charge in [-0.25, -0.2) is 4.39 Å². The first-order valence-corrected chi connectivity index (χ1v) is 11.4. The summed E-state index contributed by atoms with van der Waals surface area (Å²) in [4.78, 5) is 29.3. The number of aromatic nitrogens is 2. The van der Waals surface area contributed by atoms with Gasteiger partial charge in [-0.2, -0.15) is 0 Å². The van der Waals surface area contributed by atoms with E-state index in [0.29, 0.717) is 54.9 Å². The Bertz CT molecular complexity index is 1080. The van der Waals surface area contributed by atoms with Gasteiger partial charge in [-0.15, -0.1) is 5.10 Å². The minimum atomic E-state index is -0.276. The number of carbonyl (C=O) groups is 2. The molecule has 0 unspecified atom stereocenters. The summed E-state index contributed by atoms with van der Waals surface area (Å²) in [6.07, 6.45) is 3.33. The van der Waals surface area contributed by atoms with E-state index >= 15 is 0 Å². The van der Waals surface area contributed by atoms with Gasteiger partial charge in [0.25, 0.3) is 11.8 Å². The molecule has 3 heterocycles. The van der Waals surface area contributed by atoms with E-state index in [2.05, 4.69) is 9.59 Å². The number of halogens is 1. The summed E-state index contributed by atoms with van der Waals surface area (Å²) < 4.78 is 23.5. The highest BCUT2D eigenvalue weighted by molar-refractivity contribution is 7.03. The van der Waals surface area contributed by atoms with Crippen LogP contribution >= 0.6 is 11.5 Å². The maximum absolute atomic E-state index is 14.5. The summed E-state index contributed by atoms with van der Waals surface area (Å²) in [7, 11) is 1.76. The summed E-state index contributed by atoms with van der Waals surface area (Å²) in [5, 5.41) is 5.52. The molecule has 4 rings (SSSR count). The van der Waals surface area contributed by atoms with Crippen LogP contribution in [0.4, 0.5) is 4.39 Å². The van der Waals surface area contributed by atoms with Gasteiger partial charge in [0.1, 0.15) is 11.6 Å². The third-order valence-corrected chi connectivity index (χ3v) is 6.75. The van der Waals surface area contributed by atoms with Crippen molar-refractivity contribution < 1.29 is 18.4 Å². The first-order chi connectivity index (χ1) is 15.5. The zero-order valence-corrected chi connectivity index (χ0v) is 18.8. The fourth-order valence-corrected chi connectivity index (χ4v) is 4.79. The summed E-state index contributed by atoms with van der Waals surface area (Å²) >= 11 is 1.15. The molecule has 1 aliphatic rings. The van der Waals surface area contributed by atoms with Crippen LogP contribution in [0.1, 0.15) is 45.0 Å². The van der Waals surface area contributed by atoms with Crippen molar-refractivity contribution in [2.45, 2.75) is 32.2 Å². The Morgan fingerprint density at radius 3 is 2.66 bits per heavy atom. The fourth-order valence-electron chi connectivity index (χ4n) is 4.36. The molecule has 9 heteroatoms. The van der Waals surface area contributed by atoms with Crippen molar-refractivity contribution in [3.63, 3.8) is 0 Å². The van der Waals surface area contributed by atoms with E-state index < -0.39 is 0 Å². The van der Waals surface area contributed by atoms with Crippen molar-refractivity contribution >= 4 is 23.3 Å². The quantitative estimate of drug-likeness (QED) is 0.564. The van der Waals surface area contributed by atoms with Gasteiger partial charge < -0.3 is 14.2 Å². The van der Waals surface area contributed by atoms with Gasteiger partial charge in [0.05, 0.1) is 11.8 Å². The monoisotopic (exact) mass is 456 g/mol. The minimum absolute atomic E-state index is 0.119. The summed E-state index contributed by atoms with van der Waals surface area (Å²) in [5.41, 5.74) is 1.45. The van der Waals surface area contributed by atoms with E-state index in [1.54, 1.807) is 53.4 Å². The van der Waals surface area contributed by atoms with Gasteiger partial charge in [0.15, 0.2) is 5.69 Å². The zero-order valence-electron chi connectivity index (χ0n) is 18.0. The highest BCUT2D eigenvalue weighted by atomic mass is 32.1. The largest absolute Gasteiger partial charge is 0.469 e. The van der Waals surface area contributed by atoms with Crippen LogP contribution in [-0.4, -0.2) is 57.4 Å². The maximum Gasteiger partial charge on any atom is 0.275 e. The number of nitrogens with zero attached hydrogens (tertiary/aromatic N) is 4. The Balaban J connectivity index is 1.53. The molecule has 7 nitrogen and oxygen atoms in total. The summed E-state index contributed by atoms with van der Waals surface area (Å²) in [5.74, 6) is 0.129. The second-order valence-corrected chi connectivity index (χ2v) is 8.70. The van der Waals surface area contributed by atoms with E-state index in [1.807, 2.05) is 0 Å². The number of carbonyl (C=O) groups excluding carboxylic acids is 2. The van der Waals surface area contributed by atoms with Crippen LogP contribution in [0.15, 0.2) is 46.4 Å². The van der Waals surface area contributed by atoms with Crippen molar-refractivity contribution in [1.29, 1.82) is 0 Å². The Hall–Kier alpha value is -3.07. The molecule has 2 amide bonds. The Labute approximate surface area is 190 Å². The van der Waals surface area contributed by atoms with E-state index in [0.717, 1.165) is 11.5 Å². The van der Waals surface area contributed by atoms with Crippen molar-refractivity contribution in [3.05, 3.63) is 70.4 Å². The van der Waals surface area contributed by atoms with Gasteiger partial charge in [0.2, 0.25) is 0 Å². The third-order valence-electron chi connectivity index (χ3n) is 6.24. The number of rotatable bonds is 6. The molecule has 0 radical (unpaired) electrons. The smallest absolute Gasteiger partial charge is 0.275 e. The van der Waals surface area contributed by atoms with Gasteiger partial charge in [0, 0.05) is 31.6 Å². The molecule has 168 valence electrons. The van der Waals surface area contributed by atoms with Crippen LogP contribution in [0, 0.1) is 18.7 Å². The molecule has 1 atom stereocenters. The molecule has 1 fully saturated rings. The summed E-state index contributed by atoms with van der Waals surface area (Å²) in [6.45, 7) is 2.87. The van der Waals surface area contributed by atoms with Crippen LogP contribution in [0.5, 0.6) is 0 Å². The van der Waals surface area contributed by atoms with Crippen LogP contribution in [0.2, 0.25) is 0 Å². The number of likely N-dealkylation sites (N-methyl/N-ethyl adjacent to an activating group) is 1. The summed E-state index contributed by atoms with van der Waals surface area (Å²) in [6, 6.07) is 8.12. The number of aryl methyl sites for hydroxylation is 1. The van der Waals surface area contributed by atoms with Crippen molar-refractivity contribution in [2.24, 2.45) is 5.92 Å². The fraction of sp³-hybridized carbons (Fsp3) is 0.391. The van der Waals surface area contributed by atoms with E-state index in [-0.39, 0.29) is 29.6 Å². The Kier molecular flexibility index (Phi) is 6.64. The molecule has 1 aromatic carbocycles. The highest BCUT2D eigenvalue weighted by Gasteiger charge is 2.34. The molecule has 1 saturated heterocycles. The molecule has 0 aliphatic carbocycles. The second-order valence-electron chi connectivity index (χ2n) is 8.09. The molecule has 1 aliphatic heterocycles. The average molecular weight is 457 g/mol. The molecular formula is C23H25FN4O3S. The molecule has 2 aromatic heterocycles. The van der Waals surface area contributed by atoms with Crippen LogP contribution in [-0.2, 0) is 6.42 Å². The standard InChI is InChI=1S/C23H25FN4O3S/c1-15-18(9-12-31-15)22(29)27(2)21(13-17-5-3-4-6-19(17)24)16-7-10-28(11-8-16)23(30)20-14-32-26-25-20/h3-6,9,12,14,16,21H,7-8,10-11,13H2,1-2H3/t21-/m0/s1. The Morgan fingerprint density at radius 1 is 1.28 bits per heavy atom. The number of piperidine rings is 1. The number of hydrogen-bond acceptors (Lipinski definition) is 6. The third kappa shape index (κ3) is 4.57. The predicted molar refractivity (Wildman–Crippen MR) is 118 cm³/mol.